The van der Waals surface area contributed by atoms with E-state index in [9.17, 15) is 14.9 Å². The fourth-order valence-electron chi connectivity index (χ4n) is 2.98. The molecule has 1 amide bonds. The molecule has 2 atom stereocenters. The molecule has 0 saturated carbocycles. The van der Waals surface area contributed by atoms with E-state index in [1.165, 1.54) is 6.20 Å². The van der Waals surface area contributed by atoms with Gasteiger partial charge in [-0.05, 0) is 36.1 Å². The Morgan fingerprint density at radius 3 is 2.83 bits per heavy atom. The van der Waals surface area contributed by atoms with Crippen LogP contribution in [0.3, 0.4) is 0 Å². The highest BCUT2D eigenvalue weighted by Crippen LogP contribution is 2.20. The smallest absolute Gasteiger partial charge is 0.358 e. The van der Waals surface area contributed by atoms with E-state index in [0.717, 1.165) is 25.8 Å². The predicted molar refractivity (Wildman–Crippen MR) is 88.5 cm³/mol. The lowest BCUT2D eigenvalue weighted by Gasteiger charge is -2.38. The van der Waals surface area contributed by atoms with E-state index in [1.54, 1.807) is 11.5 Å². The van der Waals surface area contributed by atoms with Crippen LogP contribution in [0.2, 0.25) is 0 Å². The summed E-state index contributed by atoms with van der Waals surface area (Å²) in [5.41, 5.74) is 5.98. The average molecular weight is 346 g/mol. The number of amides is 1. The second-order valence-electron chi connectivity index (χ2n) is 5.86. The third kappa shape index (κ3) is 4.65. The molecule has 0 spiro atoms. The first-order chi connectivity index (χ1) is 10.4. The molecule has 1 aliphatic rings. The van der Waals surface area contributed by atoms with Crippen molar-refractivity contribution in [3.05, 3.63) is 22.1 Å². The molecule has 130 valence electrons. The minimum Gasteiger partial charge on any atom is -0.358 e. The van der Waals surface area contributed by atoms with E-state index in [4.69, 9.17) is 5.73 Å². The minimum absolute atomic E-state index is 0. The van der Waals surface area contributed by atoms with Crippen molar-refractivity contribution >= 4 is 24.1 Å². The second kappa shape index (κ2) is 8.26. The van der Waals surface area contributed by atoms with Crippen LogP contribution in [-0.4, -0.2) is 43.9 Å². The number of nitrogens with two attached hydrogens (primary N) is 1. The Balaban J connectivity index is 0.00000264. The van der Waals surface area contributed by atoms with E-state index >= 15 is 0 Å². The largest absolute Gasteiger partial charge is 0.381 e. The third-order valence-corrected chi connectivity index (χ3v) is 4.19. The van der Waals surface area contributed by atoms with Crippen LogP contribution in [0.1, 0.15) is 38.4 Å². The Morgan fingerprint density at radius 2 is 2.26 bits per heavy atom. The van der Waals surface area contributed by atoms with Crippen LogP contribution < -0.4 is 5.73 Å². The molecule has 1 aliphatic heterocycles. The zero-order valence-electron chi connectivity index (χ0n) is 13.5. The van der Waals surface area contributed by atoms with Gasteiger partial charge in [-0.15, -0.1) is 12.4 Å². The van der Waals surface area contributed by atoms with Crippen LogP contribution in [0.15, 0.2) is 6.20 Å². The number of nitrogens with zero attached hydrogens (tertiary/aromatic N) is 4. The average Bonchev–Trinajstić information content (AvgIpc) is 2.86. The number of imidazole rings is 1. The number of aromatic nitrogens is 2. The first-order valence-electron chi connectivity index (χ1n) is 7.63. The number of nitro groups is 1. The van der Waals surface area contributed by atoms with Crippen LogP contribution in [0.4, 0.5) is 5.82 Å². The van der Waals surface area contributed by atoms with Gasteiger partial charge in [-0.2, -0.15) is 0 Å². The summed E-state index contributed by atoms with van der Waals surface area (Å²) in [5, 5.41) is 10.7. The van der Waals surface area contributed by atoms with Crippen LogP contribution in [0, 0.1) is 17.0 Å². The molecule has 23 heavy (non-hydrogen) atoms. The normalized spacial score (nSPS) is 19.1. The summed E-state index contributed by atoms with van der Waals surface area (Å²) in [6, 6.07) is 0.0554. The summed E-state index contributed by atoms with van der Waals surface area (Å²) in [6.45, 7) is 4.77. The molecule has 2 N–H and O–H groups in total. The number of likely N-dealkylation sites (tertiary alicyclic amines) is 1. The van der Waals surface area contributed by atoms with Crippen molar-refractivity contribution in [3.63, 3.8) is 0 Å². The molecule has 1 aromatic heterocycles. The zero-order chi connectivity index (χ0) is 16.3. The minimum atomic E-state index is -0.526. The molecule has 1 aromatic rings. The molecule has 0 radical (unpaired) electrons. The Hall–Kier alpha value is -1.67. The lowest BCUT2D eigenvalue weighted by Crippen LogP contribution is -2.51. The van der Waals surface area contributed by atoms with Gasteiger partial charge in [0.05, 0.1) is 0 Å². The number of carbonyl (C=O) groups is 1. The van der Waals surface area contributed by atoms with Crippen LogP contribution in [0.5, 0.6) is 0 Å². The maximum atomic E-state index is 12.4. The van der Waals surface area contributed by atoms with Gasteiger partial charge in [0, 0.05) is 38.5 Å². The van der Waals surface area contributed by atoms with E-state index < -0.39 is 4.92 Å². The first-order valence-corrected chi connectivity index (χ1v) is 7.63. The van der Waals surface area contributed by atoms with Gasteiger partial charge in [0.25, 0.3) is 0 Å². The number of rotatable bonds is 5. The van der Waals surface area contributed by atoms with Gasteiger partial charge >= 0.3 is 5.82 Å². The summed E-state index contributed by atoms with van der Waals surface area (Å²) in [5.74, 6) is 0.413. The fourth-order valence-corrected chi connectivity index (χ4v) is 2.98. The first kappa shape index (κ1) is 19.4. The quantitative estimate of drug-likeness (QED) is 0.644. The van der Waals surface area contributed by atoms with Crippen molar-refractivity contribution < 1.29 is 9.72 Å². The van der Waals surface area contributed by atoms with Gasteiger partial charge in [-0.3, -0.25) is 4.79 Å². The van der Waals surface area contributed by atoms with E-state index in [2.05, 4.69) is 4.98 Å². The summed E-state index contributed by atoms with van der Waals surface area (Å²) in [7, 11) is 0. The van der Waals surface area contributed by atoms with Crippen LogP contribution in [0.25, 0.3) is 0 Å². The topological polar surface area (TPSA) is 107 Å². The zero-order valence-corrected chi connectivity index (χ0v) is 14.3. The molecular formula is C14H24ClN5O3. The van der Waals surface area contributed by atoms with Gasteiger partial charge in [-0.1, -0.05) is 0 Å². The molecule has 1 saturated heterocycles. The standard InChI is InChI=1S/C14H23N5O3.ClH/c1-10(15)12-5-3-4-7-18(12)14(20)6-8-17-9-13(19(21)22)16-11(17)2;/h9-10,12H,3-8,15H2,1-2H3;1H. The molecule has 0 aliphatic carbocycles. The maximum absolute atomic E-state index is 12.4. The molecule has 9 heteroatoms. The van der Waals surface area contributed by atoms with Gasteiger partial charge in [0.1, 0.15) is 6.20 Å². The van der Waals surface area contributed by atoms with Crippen molar-refractivity contribution in [2.75, 3.05) is 6.54 Å². The lowest BCUT2D eigenvalue weighted by atomic mass is 9.96. The molecule has 1 fully saturated rings. The molecule has 8 nitrogen and oxygen atoms in total. The monoisotopic (exact) mass is 345 g/mol. The SMILES string of the molecule is Cc1nc([N+](=O)[O-])cn1CCC(=O)N1CCCCC1C(C)N.Cl. The molecule has 0 aromatic carbocycles. The Morgan fingerprint density at radius 1 is 1.57 bits per heavy atom. The van der Waals surface area contributed by atoms with Gasteiger partial charge < -0.3 is 25.3 Å². The molecule has 2 unspecified atom stereocenters. The highest BCUT2D eigenvalue weighted by molar-refractivity contribution is 5.85. The summed E-state index contributed by atoms with van der Waals surface area (Å²) in [6.07, 6.45) is 4.73. The maximum Gasteiger partial charge on any atom is 0.381 e. The van der Waals surface area contributed by atoms with E-state index in [0.29, 0.717) is 18.8 Å². The van der Waals surface area contributed by atoms with Crippen LogP contribution in [-0.2, 0) is 11.3 Å². The van der Waals surface area contributed by atoms with Crippen molar-refractivity contribution in [1.82, 2.24) is 14.5 Å². The molecule has 2 heterocycles. The Kier molecular flexibility index (Phi) is 6.96. The van der Waals surface area contributed by atoms with Crippen molar-refractivity contribution in [2.24, 2.45) is 5.73 Å². The molecule has 2 rings (SSSR count). The number of aryl methyl sites for hydroxylation is 2. The second-order valence-corrected chi connectivity index (χ2v) is 5.86. The molecular weight excluding hydrogens is 322 g/mol. The predicted octanol–water partition coefficient (Wildman–Crippen LogP) is 1.64. The number of piperidine rings is 1. The summed E-state index contributed by atoms with van der Waals surface area (Å²) >= 11 is 0. The van der Waals surface area contributed by atoms with Crippen molar-refractivity contribution in [2.45, 2.75) is 58.2 Å². The molecule has 0 bridgehead atoms. The van der Waals surface area contributed by atoms with E-state index in [1.807, 2.05) is 11.8 Å². The van der Waals surface area contributed by atoms with E-state index in [-0.39, 0.29) is 36.2 Å². The highest BCUT2D eigenvalue weighted by Gasteiger charge is 2.29. The number of hydrogen-bond donors (Lipinski definition) is 1. The summed E-state index contributed by atoms with van der Waals surface area (Å²) < 4.78 is 1.65. The van der Waals surface area contributed by atoms with Gasteiger partial charge in [0.15, 0.2) is 0 Å². The third-order valence-electron chi connectivity index (χ3n) is 4.19. The Bertz CT molecular complexity index is 561. The number of halogens is 1. The van der Waals surface area contributed by atoms with Crippen LogP contribution >= 0.6 is 12.4 Å². The Labute approximate surface area is 141 Å². The number of carbonyl (C=O) groups excluding carboxylic acids is 1. The summed E-state index contributed by atoms with van der Waals surface area (Å²) in [4.78, 5) is 28.4. The lowest BCUT2D eigenvalue weighted by molar-refractivity contribution is -0.389. The van der Waals surface area contributed by atoms with Gasteiger partial charge in [-0.25, -0.2) is 0 Å². The van der Waals surface area contributed by atoms with Gasteiger partial charge in [0.2, 0.25) is 11.7 Å². The fraction of sp³-hybridized carbons (Fsp3) is 0.714. The number of hydrogen-bond acceptors (Lipinski definition) is 5. The van der Waals surface area contributed by atoms with Crippen molar-refractivity contribution in [1.29, 1.82) is 0 Å². The van der Waals surface area contributed by atoms with Crippen molar-refractivity contribution in [3.8, 4) is 0 Å². The highest BCUT2D eigenvalue weighted by atomic mass is 35.5.